The van der Waals surface area contributed by atoms with Gasteiger partial charge in [-0.05, 0) is 35.7 Å². The molecule has 0 bridgehead atoms. The summed E-state index contributed by atoms with van der Waals surface area (Å²) < 4.78 is 14.1. The van der Waals surface area contributed by atoms with E-state index in [4.69, 9.17) is 19.4 Å². The van der Waals surface area contributed by atoms with Crippen molar-refractivity contribution in [1.82, 2.24) is 20.9 Å². The molecule has 1 atom stereocenters. The first kappa shape index (κ1) is 27.7. The van der Waals surface area contributed by atoms with Gasteiger partial charge in [0.05, 0.1) is 24.1 Å². The van der Waals surface area contributed by atoms with E-state index in [0.717, 1.165) is 17.2 Å². The molecule has 4 aromatic rings. The average Bonchev–Trinajstić information content (AvgIpc) is 2.92. The van der Waals surface area contributed by atoms with Gasteiger partial charge in [0.1, 0.15) is 25.2 Å². The van der Waals surface area contributed by atoms with Gasteiger partial charge >= 0.3 is 6.03 Å². The molecule has 0 aliphatic heterocycles. The molecule has 2 radical (unpaired) electrons. The molecule has 0 aliphatic rings. The number of nitrogens with zero attached hydrogens (tertiary/aromatic N) is 1. The van der Waals surface area contributed by atoms with Crippen molar-refractivity contribution >= 4 is 47.7 Å². The van der Waals surface area contributed by atoms with E-state index in [9.17, 15) is 19.1 Å². The second-order valence-corrected chi connectivity index (χ2v) is 9.10. The van der Waals surface area contributed by atoms with Gasteiger partial charge in [-0.2, -0.15) is 0 Å². The number of hydrogen-bond acceptors (Lipinski definition) is 4. The lowest BCUT2D eigenvalue weighted by molar-refractivity contribution is 0.239. The number of benzene rings is 3. The standard InChI is InChI=1S/C28H26BClFN5O3/c29-20-7-8-22(31)19(12-20)15-33-28(39)36-24(11-17-4-2-1-3-5-17)27(34-16-30)32-14-18-6-9-23-21(10-18)25(37)13-26(38)35-23/h1-10,12-13,24H,11,14-16H2,(H,32,34)(H2,33,36,39)(H2,35,37,38)/t24-/m0/s1. The molecule has 3 aromatic carbocycles. The number of carbonyl (C=O) groups excluding carboxylic acids is 1. The van der Waals surface area contributed by atoms with E-state index >= 15 is 0 Å². The molecule has 5 N–H and O–H groups in total. The van der Waals surface area contributed by atoms with Crippen LogP contribution in [0.1, 0.15) is 16.7 Å². The second kappa shape index (κ2) is 13.0. The van der Waals surface area contributed by atoms with Crippen LogP contribution in [0.25, 0.3) is 10.9 Å². The molecule has 39 heavy (non-hydrogen) atoms. The van der Waals surface area contributed by atoms with Crippen LogP contribution < -0.4 is 27.0 Å². The molecule has 0 fully saturated rings. The van der Waals surface area contributed by atoms with Crippen molar-refractivity contribution in [3.05, 3.63) is 106 Å². The van der Waals surface area contributed by atoms with E-state index in [2.05, 4.69) is 25.9 Å². The summed E-state index contributed by atoms with van der Waals surface area (Å²) in [7, 11) is 5.74. The van der Waals surface area contributed by atoms with E-state index < -0.39 is 23.4 Å². The van der Waals surface area contributed by atoms with Crippen LogP contribution in [-0.4, -0.2) is 41.8 Å². The number of fused-ring (bicyclic) bond motifs is 1. The van der Waals surface area contributed by atoms with Crippen LogP contribution in [0.4, 0.5) is 9.18 Å². The number of halogens is 2. The fraction of sp³-hybridized carbons (Fsp3) is 0.179. The Morgan fingerprint density at radius 3 is 2.62 bits per heavy atom. The van der Waals surface area contributed by atoms with Gasteiger partial charge in [0.2, 0.25) is 0 Å². The molecule has 0 saturated carbocycles. The van der Waals surface area contributed by atoms with Gasteiger partial charge in [-0.25, -0.2) is 9.18 Å². The molecule has 8 nitrogen and oxygen atoms in total. The first-order valence-electron chi connectivity index (χ1n) is 12.1. The molecular weight excluding hydrogens is 520 g/mol. The third-order valence-corrected chi connectivity index (χ3v) is 6.13. The average molecular weight is 546 g/mol. The number of aliphatic imine (C=N–C) groups is 1. The van der Waals surface area contributed by atoms with Crippen LogP contribution in [0.5, 0.6) is 5.75 Å². The van der Waals surface area contributed by atoms with Crippen molar-refractivity contribution in [2.45, 2.75) is 25.6 Å². The number of aromatic hydroxyl groups is 1. The second-order valence-electron chi connectivity index (χ2n) is 8.83. The summed E-state index contributed by atoms with van der Waals surface area (Å²) in [6.45, 7) is 0.148. The van der Waals surface area contributed by atoms with Crippen molar-refractivity contribution in [1.29, 1.82) is 0 Å². The Hall–Kier alpha value is -4.31. The summed E-state index contributed by atoms with van der Waals surface area (Å²) in [4.78, 5) is 31.8. The maximum Gasteiger partial charge on any atom is 0.315 e. The van der Waals surface area contributed by atoms with Crippen molar-refractivity contribution < 1.29 is 14.3 Å². The molecule has 0 unspecified atom stereocenters. The molecule has 11 heteroatoms. The molecule has 4 rings (SSSR count). The monoisotopic (exact) mass is 545 g/mol. The number of nitrogens with one attached hydrogen (secondary N) is 4. The minimum absolute atomic E-state index is 0.0433. The predicted molar refractivity (Wildman–Crippen MR) is 152 cm³/mol. The molecule has 0 saturated heterocycles. The van der Waals surface area contributed by atoms with E-state index in [-0.39, 0.29) is 30.4 Å². The highest BCUT2D eigenvalue weighted by Crippen LogP contribution is 2.22. The number of amides is 2. The number of urea groups is 1. The molecular formula is C28H26BClFN5O3. The van der Waals surface area contributed by atoms with Gasteiger partial charge in [-0.3, -0.25) is 9.79 Å². The summed E-state index contributed by atoms with van der Waals surface area (Å²) in [5.41, 5.74) is 2.48. The SMILES string of the molecule is [B]c1ccc(F)c(CNC(=O)N[C@@H](Cc2ccccc2)C(=NCc2ccc3[nH]c(=O)cc(O)c3c2)NCCl)c1. The Morgan fingerprint density at radius 2 is 1.85 bits per heavy atom. The van der Waals surface area contributed by atoms with E-state index in [0.29, 0.717) is 28.6 Å². The zero-order chi connectivity index (χ0) is 27.8. The Bertz CT molecular complexity index is 1550. The van der Waals surface area contributed by atoms with Crippen LogP contribution >= 0.6 is 11.6 Å². The smallest absolute Gasteiger partial charge is 0.315 e. The quantitative estimate of drug-likeness (QED) is 0.0731. The summed E-state index contributed by atoms with van der Waals surface area (Å²) in [5.74, 6) is -0.164. The van der Waals surface area contributed by atoms with Crippen LogP contribution in [-0.2, 0) is 19.5 Å². The zero-order valence-corrected chi connectivity index (χ0v) is 21.6. The molecule has 1 aromatic heterocycles. The number of aromatic amines is 1. The Morgan fingerprint density at radius 1 is 1.05 bits per heavy atom. The minimum atomic E-state index is -0.595. The molecule has 0 spiro atoms. The number of amidine groups is 1. The maximum absolute atomic E-state index is 14.1. The first-order chi connectivity index (χ1) is 18.8. The van der Waals surface area contributed by atoms with Crippen molar-refractivity contribution in [2.75, 3.05) is 6.00 Å². The molecule has 198 valence electrons. The third kappa shape index (κ3) is 7.61. The summed E-state index contributed by atoms with van der Waals surface area (Å²) >= 11 is 6.01. The van der Waals surface area contributed by atoms with Gasteiger partial charge in [-0.1, -0.05) is 54.0 Å². The van der Waals surface area contributed by atoms with Crippen molar-refractivity contribution in [3.8, 4) is 5.75 Å². The Balaban J connectivity index is 1.55. The lowest BCUT2D eigenvalue weighted by Crippen LogP contribution is -2.51. The lowest BCUT2D eigenvalue weighted by Gasteiger charge is -2.22. The van der Waals surface area contributed by atoms with E-state index in [1.807, 2.05) is 30.3 Å². The Labute approximate surface area is 230 Å². The highest BCUT2D eigenvalue weighted by atomic mass is 35.5. The minimum Gasteiger partial charge on any atom is -0.507 e. The topological polar surface area (TPSA) is 119 Å². The summed E-state index contributed by atoms with van der Waals surface area (Å²) in [6, 6.07) is 19.0. The summed E-state index contributed by atoms with van der Waals surface area (Å²) in [6.07, 6.45) is 0.406. The van der Waals surface area contributed by atoms with Gasteiger partial charge in [0.15, 0.2) is 0 Å². The fourth-order valence-electron chi connectivity index (χ4n) is 4.10. The number of pyridine rings is 1. The van der Waals surface area contributed by atoms with Gasteiger partial charge in [0, 0.05) is 23.6 Å². The third-order valence-electron chi connectivity index (χ3n) is 5.99. The van der Waals surface area contributed by atoms with Gasteiger partial charge in [0.25, 0.3) is 5.56 Å². The molecule has 2 amide bonds. The predicted octanol–water partition coefficient (Wildman–Crippen LogP) is 2.96. The number of hydrogen-bond donors (Lipinski definition) is 5. The molecule has 1 heterocycles. The molecule has 0 aliphatic carbocycles. The first-order valence-corrected chi connectivity index (χ1v) is 12.7. The van der Waals surface area contributed by atoms with E-state index in [1.54, 1.807) is 18.2 Å². The number of carbonyl (C=O) groups is 1. The van der Waals surface area contributed by atoms with Gasteiger partial charge in [-0.15, -0.1) is 11.6 Å². The van der Waals surface area contributed by atoms with Gasteiger partial charge < -0.3 is 26.0 Å². The van der Waals surface area contributed by atoms with Crippen molar-refractivity contribution in [2.24, 2.45) is 4.99 Å². The van der Waals surface area contributed by atoms with Crippen LogP contribution in [0.2, 0.25) is 0 Å². The number of alkyl halides is 1. The largest absolute Gasteiger partial charge is 0.507 e. The lowest BCUT2D eigenvalue weighted by atomic mass is 9.94. The summed E-state index contributed by atoms with van der Waals surface area (Å²) in [5, 5.41) is 19.3. The van der Waals surface area contributed by atoms with Crippen LogP contribution in [0, 0.1) is 5.82 Å². The highest BCUT2D eigenvalue weighted by molar-refractivity contribution is 6.32. The zero-order valence-electron chi connectivity index (χ0n) is 20.9. The fourth-order valence-corrected chi connectivity index (χ4v) is 4.23. The number of aromatic nitrogens is 1. The number of H-pyrrole nitrogens is 1. The maximum atomic E-state index is 14.1. The van der Waals surface area contributed by atoms with Crippen LogP contribution in [0.3, 0.4) is 0 Å². The highest BCUT2D eigenvalue weighted by Gasteiger charge is 2.20. The Kier molecular flexibility index (Phi) is 9.22. The number of rotatable bonds is 9. The van der Waals surface area contributed by atoms with E-state index in [1.165, 1.54) is 18.2 Å². The van der Waals surface area contributed by atoms with Crippen molar-refractivity contribution in [3.63, 3.8) is 0 Å². The normalized spacial score (nSPS) is 12.2. The van der Waals surface area contributed by atoms with Crippen LogP contribution in [0.15, 0.2) is 82.6 Å².